The maximum Gasteiger partial charge on any atom is 0.123 e. The molecule has 0 amide bonds. The predicted molar refractivity (Wildman–Crippen MR) is 84.2 cm³/mol. The highest BCUT2D eigenvalue weighted by molar-refractivity contribution is 7.97. The van der Waals surface area contributed by atoms with Crippen LogP contribution >= 0.6 is 11.9 Å². The molecule has 0 fully saturated rings. The zero-order valence-electron chi connectivity index (χ0n) is 11.9. The lowest BCUT2D eigenvalue weighted by Crippen LogP contribution is -2.26. The second-order valence-corrected chi connectivity index (χ2v) is 6.14. The van der Waals surface area contributed by atoms with Gasteiger partial charge in [-0.3, -0.25) is 0 Å². The molecule has 0 aliphatic heterocycles. The Balaban J connectivity index is 1.95. The van der Waals surface area contributed by atoms with E-state index >= 15 is 0 Å². The molecule has 0 saturated carbocycles. The van der Waals surface area contributed by atoms with Crippen molar-refractivity contribution in [2.45, 2.75) is 31.2 Å². The summed E-state index contributed by atoms with van der Waals surface area (Å²) >= 11 is 1.69. The third kappa shape index (κ3) is 4.66. The Morgan fingerprint density at radius 2 is 1.65 bits per heavy atom. The second-order valence-electron chi connectivity index (χ2n) is 5.02. The smallest absolute Gasteiger partial charge is 0.123 e. The first kappa shape index (κ1) is 15.1. The number of rotatable bonds is 6. The molecule has 0 aliphatic rings. The van der Waals surface area contributed by atoms with Crippen LogP contribution in [0.3, 0.4) is 0 Å². The lowest BCUT2D eigenvalue weighted by atomic mass is 10.1. The summed E-state index contributed by atoms with van der Waals surface area (Å²) in [7, 11) is 0. The van der Waals surface area contributed by atoms with Gasteiger partial charge in [-0.25, -0.2) is 8.70 Å². The predicted octanol–water partition coefficient (Wildman–Crippen LogP) is 4.79. The third-order valence-electron chi connectivity index (χ3n) is 3.08. The van der Waals surface area contributed by atoms with Crippen molar-refractivity contribution in [3.8, 4) is 0 Å². The fraction of sp³-hybridized carbons (Fsp3) is 0.294. The van der Waals surface area contributed by atoms with E-state index in [0.29, 0.717) is 6.04 Å². The molecule has 0 spiro atoms. The molecule has 0 N–H and O–H groups in total. The Hall–Kier alpha value is -1.32. The van der Waals surface area contributed by atoms with Gasteiger partial charge in [0.1, 0.15) is 5.82 Å². The minimum atomic E-state index is -0.185. The first-order chi connectivity index (χ1) is 9.65. The van der Waals surface area contributed by atoms with Gasteiger partial charge < -0.3 is 0 Å². The molecule has 0 bridgehead atoms. The van der Waals surface area contributed by atoms with Crippen molar-refractivity contribution in [2.75, 3.05) is 6.54 Å². The van der Waals surface area contributed by atoms with Gasteiger partial charge >= 0.3 is 0 Å². The second kappa shape index (κ2) is 7.46. The zero-order chi connectivity index (χ0) is 14.4. The Morgan fingerprint density at radius 3 is 2.25 bits per heavy atom. The number of benzene rings is 2. The summed E-state index contributed by atoms with van der Waals surface area (Å²) < 4.78 is 15.3. The minimum absolute atomic E-state index is 0.185. The first-order valence-corrected chi connectivity index (χ1v) is 7.66. The van der Waals surface area contributed by atoms with E-state index in [2.05, 4.69) is 42.4 Å². The molecule has 0 unspecified atom stereocenters. The molecule has 2 aromatic carbocycles. The monoisotopic (exact) mass is 289 g/mol. The Labute approximate surface area is 124 Å². The quantitative estimate of drug-likeness (QED) is 0.704. The van der Waals surface area contributed by atoms with Gasteiger partial charge in [-0.15, -0.1) is 0 Å². The SMILES string of the molecule is CC(C)N(CCc1ccccc1)Sc1ccc(F)cc1. The van der Waals surface area contributed by atoms with Gasteiger partial charge in [0.25, 0.3) is 0 Å². The molecule has 0 saturated heterocycles. The van der Waals surface area contributed by atoms with Crippen molar-refractivity contribution >= 4 is 11.9 Å². The Kier molecular flexibility index (Phi) is 5.62. The van der Waals surface area contributed by atoms with Crippen LogP contribution in [0, 0.1) is 5.82 Å². The minimum Gasteiger partial charge on any atom is -0.244 e. The summed E-state index contributed by atoms with van der Waals surface area (Å²) in [4.78, 5) is 1.08. The molecule has 20 heavy (non-hydrogen) atoms. The van der Waals surface area contributed by atoms with Gasteiger partial charge in [0.05, 0.1) is 0 Å². The van der Waals surface area contributed by atoms with Crippen LogP contribution in [0.5, 0.6) is 0 Å². The number of hydrogen-bond acceptors (Lipinski definition) is 2. The van der Waals surface area contributed by atoms with Gasteiger partial charge in [-0.2, -0.15) is 0 Å². The van der Waals surface area contributed by atoms with Crippen LogP contribution in [-0.4, -0.2) is 16.9 Å². The lowest BCUT2D eigenvalue weighted by molar-refractivity contribution is 0.400. The van der Waals surface area contributed by atoms with Gasteiger partial charge in [0, 0.05) is 17.5 Å². The highest BCUT2D eigenvalue weighted by Crippen LogP contribution is 2.25. The number of hydrogen-bond donors (Lipinski definition) is 0. The van der Waals surface area contributed by atoms with Crippen LogP contribution in [0.4, 0.5) is 4.39 Å². The van der Waals surface area contributed by atoms with Crippen LogP contribution in [0.1, 0.15) is 19.4 Å². The summed E-state index contributed by atoms with van der Waals surface area (Å²) in [5, 5.41) is 0. The van der Waals surface area contributed by atoms with Crippen molar-refractivity contribution in [1.82, 2.24) is 4.31 Å². The molecule has 0 radical (unpaired) electrons. The third-order valence-corrected chi connectivity index (χ3v) is 4.40. The van der Waals surface area contributed by atoms with Crippen LogP contribution < -0.4 is 0 Å². The highest BCUT2D eigenvalue weighted by atomic mass is 32.2. The van der Waals surface area contributed by atoms with Crippen molar-refractivity contribution in [1.29, 1.82) is 0 Å². The Morgan fingerprint density at radius 1 is 1.00 bits per heavy atom. The van der Waals surface area contributed by atoms with Crippen molar-refractivity contribution in [3.63, 3.8) is 0 Å². The molecule has 106 valence electrons. The van der Waals surface area contributed by atoms with E-state index < -0.39 is 0 Å². The van der Waals surface area contributed by atoms with E-state index in [-0.39, 0.29) is 5.82 Å². The standard InChI is InChI=1S/C17H20FNS/c1-14(2)19(13-12-15-6-4-3-5-7-15)20-17-10-8-16(18)9-11-17/h3-11,14H,12-13H2,1-2H3. The fourth-order valence-corrected chi connectivity index (χ4v) is 2.85. The fourth-order valence-electron chi connectivity index (χ4n) is 1.92. The van der Waals surface area contributed by atoms with E-state index in [1.165, 1.54) is 17.7 Å². The maximum atomic E-state index is 12.9. The van der Waals surface area contributed by atoms with E-state index in [4.69, 9.17) is 0 Å². The normalized spacial score (nSPS) is 11.2. The van der Waals surface area contributed by atoms with Crippen LogP contribution in [0.15, 0.2) is 59.5 Å². The van der Waals surface area contributed by atoms with Crippen molar-refractivity contribution in [3.05, 3.63) is 66.0 Å². The van der Waals surface area contributed by atoms with Gasteiger partial charge in [0.15, 0.2) is 0 Å². The van der Waals surface area contributed by atoms with Gasteiger partial charge in [-0.05, 0) is 62.0 Å². The average molecular weight is 289 g/mol. The van der Waals surface area contributed by atoms with Gasteiger partial charge in [-0.1, -0.05) is 30.3 Å². The maximum absolute atomic E-state index is 12.9. The molecule has 0 heterocycles. The summed E-state index contributed by atoms with van der Waals surface area (Å²) in [6, 6.07) is 17.6. The average Bonchev–Trinajstić information content (AvgIpc) is 2.46. The van der Waals surface area contributed by atoms with Crippen LogP contribution in [0.25, 0.3) is 0 Å². The largest absolute Gasteiger partial charge is 0.244 e. The highest BCUT2D eigenvalue weighted by Gasteiger charge is 2.11. The molecule has 2 rings (SSSR count). The van der Waals surface area contributed by atoms with Gasteiger partial charge in [0.2, 0.25) is 0 Å². The van der Waals surface area contributed by atoms with Crippen LogP contribution in [0.2, 0.25) is 0 Å². The molecule has 0 atom stereocenters. The summed E-state index contributed by atoms with van der Waals surface area (Å²) in [5.74, 6) is -0.185. The summed E-state index contributed by atoms with van der Waals surface area (Å²) in [5.41, 5.74) is 1.35. The van der Waals surface area contributed by atoms with E-state index in [1.54, 1.807) is 11.9 Å². The molecule has 2 aromatic rings. The molecular weight excluding hydrogens is 269 g/mol. The van der Waals surface area contributed by atoms with Crippen molar-refractivity contribution in [2.24, 2.45) is 0 Å². The number of nitrogens with zero attached hydrogens (tertiary/aromatic N) is 1. The zero-order valence-corrected chi connectivity index (χ0v) is 12.7. The molecule has 3 heteroatoms. The van der Waals surface area contributed by atoms with E-state index in [9.17, 15) is 4.39 Å². The summed E-state index contributed by atoms with van der Waals surface area (Å²) in [6.07, 6.45) is 1.02. The molecule has 1 nitrogen and oxygen atoms in total. The first-order valence-electron chi connectivity index (χ1n) is 6.89. The Bertz CT molecular complexity index is 510. The van der Waals surface area contributed by atoms with E-state index in [1.807, 2.05) is 18.2 Å². The molecule has 0 aliphatic carbocycles. The van der Waals surface area contributed by atoms with Crippen molar-refractivity contribution < 1.29 is 4.39 Å². The molecule has 0 aromatic heterocycles. The van der Waals surface area contributed by atoms with E-state index in [0.717, 1.165) is 17.9 Å². The van der Waals surface area contributed by atoms with Crippen LogP contribution in [-0.2, 0) is 6.42 Å². The molecular formula is C17H20FNS. The summed E-state index contributed by atoms with van der Waals surface area (Å²) in [6.45, 7) is 5.34. The lowest BCUT2D eigenvalue weighted by Gasteiger charge is -2.25. The topological polar surface area (TPSA) is 3.24 Å². The number of halogens is 1.